The van der Waals surface area contributed by atoms with Crippen LogP contribution in [0.4, 0.5) is 5.69 Å². The van der Waals surface area contributed by atoms with E-state index in [0.29, 0.717) is 16.5 Å². The number of nitrogens with one attached hydrogen (secondary N) is 1. The Labute approximate surface area is 137 Å². The number of amides is 2. The summed E-state index contributed by atoms with van der Waals surface area (Å²) in [6.45, 7) is -0.122. The van der Waals surface area contributed by atoms with Crippen molar-refractivity contribution in [2.24, 2.45) is 0 Å². The van der Waals surface area contributed by atoms with Gasteiger partial charge < -0.3 is 10.1 Å². The number of ether oxygens (including phenoxy) is 1. The maximum absolute atomic E-state index is 11.9. The number of halogens is 1. The maximum atomic E-state index is 11.9. The molecular formula is C17H12ClN2O3. The fourth-order valence-electron chi connectivity index (χ4n) is 2.08. The predicted octanol–water partition coefficient (Wildman–Crippen LogP) is 1.02. The topological polar surface area (TPSA) is 69.5 Å². The highest BCUT2D eigenvalue weighted by molar-refractivity contribution is 6.30. The molecule has 1 heterocycles. The Morgan fingerprint density at radius 1 is 1.13 bits per heavy atom. The molecule has 2 amide bonds. The summed E-state index contributed by atoms with van der Waals surface area (Å²) in [5.41, 5.74) is 0.591. The van der Waals surface area contributed by atoms with E-state index in [0.717, 1.165) is 10.4 Å². The fourth-order valence-corrected chi connectivity index (χ4v) is 2.20. The van der Waals surface area contributed by atoms with Gasteiger partial charge in [-0.1, -0.05) is 17.7 Å². The summed E-state index contributed by atoms with van der Waals surface area (Å²) in [5, 5.41) is 8.58. The SMILES string of the molecule is O=C1C=c2cc(NC(=O)COc3ccc(Cl)cc3)ccc2=C[N]1. The summed E-state index contributed by atoms with van der Waals surface area (Å²) in [6.07, 6.45) is 2.93. The fraction of sp³-hybridized carbons (Fsp3) is 0.0588. The monoisotopic (exact) mass is 327 g/mol. The number of hydrogen-bond donors (Lipinski definition) is 1. The van der Waals surface area contributed by atoms with E-state index < -0.39 is 0 Å². The van der Waals surface area contributed by atoms with E-state index in [2.05, 4.69) is 10.6 Å². The minimum Gasteiger partial charge on any atom is -0.484 e. The molecule has 3 rings (SSSR count). The van der Waals surface area contributed by atoms with Crippen LogP contribution in [0.3, 0.4) is 0 Å². The maximum Gasteiger partial charge on any atom is 0.270 e. The number of carbonyl (C=O) groups excluding carboxylic acids is 2. The van der Waals surface area contributed by atoms with Gasteiger partial charge in [-0.05, 0) is 41.6 Å². The molecule has 1 radical (unpaired) electrons. The van der Waals surface area contributed by atoms with Crippen molar-refractivity contribution in [3.63, 3.8) is 0 Å². The first-order valence-electron chi connectivity index (χ1n) is 6.85. The molecule has 23 heavy (non-hydrogen) atoms. The third-order valence-electron chi connectivity index (χ3n) is 3.16. The molecule has 0 unspecified atom stereocenters. The first kappa shape index (κ1) is 15.1. The van der Waals surface area contributed by atoms with Crippen LogP contribution in [0.2, 0.25) is 5.02 Å². The highest BCUT2D eigenvalue weighted by Gasteiger charge is 2.06. The van der Waals surface area contributed by atoms with E-state index >= 15 is 0 Å². The molecule has 0 aliphatic carbocycles. The highest BCUT2D eigenvalue weighted by atomic mass is 35.5. The van der Waals surface area contributed by atoms with Crippen molar-refractivity contribution < 1.29 is 14.3 Å². The lowest BCUT2D eigenvalue weighted by Gasteiger charge is -2.08. The van der Waals surface area contributed by atoms with Crippen molar-refractivity contribution >= 4 is 41.4 Å². The second-order valence-corrected chi connectivity index (χ2v) is 5.31. The molecule has 0 fully saturated rings. The number of fused-ring (bicyclic) bond motifs is 1. The number of hydrogen-bond acceptors (Lipinski definition) is 3. The molecule has 0 aromatic heterocycles. The second-order valence-electron chi connectivity index (χ2n) is 4.88. The van der Waals surface area contributed by atoms with Gasteiger partial charge in [-0.2, -0.15) is 0 Å². The molecule has 0 saturated carbocycles. The van der Waals surface area contributed by atoms with E-state index in [9.17, 15) is 9.59 Å². The molecule has 115 valence electrons. The third kappa shape index (κ3) is 3.90. The van der Waals surface area contributed by atoms with Crippen LogP contribution in [0.25, 0.3) is 12.3 Å². The van der Waals surface area contributed by atoms with Crippen molar-refractivity contribution in [2.45, 2.75) is 0 Å². The van der Waals surface area contributed by atoms with Gasteiger partial charge in [0.2, 0.25) is 0 Å². The van der Waals surface area contributed by atoms with Gasteiger partial charge in [-0.15, -0.1) is 0 Å². The predicted molar refractivity (Wildman–Crippen MR) is 87.3 cm³/mol. The Kier molecular flexibility index (Phi) is 4.30. The van der Waals surface area contributed by atoms with Gasteiger partial charge in [-0.3, -0.25) is 9.59 Å². The van der Waals surface area contributed by atoms with E-state index in [1.54, 1.807) is 42.5 Å². The van der Waals surface area contributed by atoms with Gasteiger partial charge >= 0.3 is 0 Å². The Balaban J connectivity index is 1.64. The van der Waals surface area contributed by atoms with Crippen LogP contribution in [0.5, 0.6) is 5.75 Å². The summed E-state index contributed by atoms with van der Waals surface area (Å²) in [5.74, 6) is -0.0483. The Bertz CT molecular complexity index is 876. The van der Waals surface area contributed by atoms with Gasteiger partial charge in [0, 0.05) is 28.2 Å². The van der Waals surface area contributed by atoms with Gasteiger partial charge in [-0.25, -0.2) is 5.32 Å². The van der Waals surface area contributed by atoms with E-state index in [1.807, 2.05) is 0 Å². The molecule has 0 spiro atoms. The standard InChI is InChI=1S/C17H12ClN2O3/c18-13-2-5-15(6-3-13)23-10-17(22)20-14-4-1-11-9-19-16(21)8-12(11)7-14/h1-9H,10H2,(H,20,22). The molecule has 1 aliphatic rings. The lowest BCUT2D eigenvalue weighted by molar-refractivity contribution is -0.118. The van der Waals surface area contributed by atoms with Crippen molar-refractivity contribution in [2.75, 3.05) is 11.9 Å². The lowest BCUT2D eigenvalue weighted by atomic mass is 10.2. The summed E-state index contributed by atoms with van der Waals surface area (Å²) >= 11 is 5.78. The Morgan fingerprint density at radius 3 is 2.70 bits per heavy atom. The van der Waals surface area contributed by atoms with Crippen molar-refractivity contribution in [3.05, 3.63) is 57.9 Å². The highest BCUT2D eigenvalue weighted by Crippen LogP contribution is 2.15. The zero-order chi connectivity index (χ0) is 16.2. The Hall–Kier alpha value is -2.79. The van der Waals surface area contributed by atoms with Crippen LogP contribution < -0.4 is 25.8 Å². The lowest BCUT2D eigenvalue weighted by Crippen LogP contribution is -2.33. The molecule has 2 aromatic carbocycles. The van der Waals surface area contributed by atoms with Crippen molar-refractivity contribution in [3.8, 4) is 5.75 Å². The Morgan fingerprint density at radius 2 is 1.91 bits per heavy atom. The number of carbonyl (C=O) groups is 2. The van der Waals surface area contributed by atoms with Crippen molar-refractivity contribution in [1.29, 1.82) is 0 Å². The number of anilines is 1. The molecule has 5 nitrogen and oxygen atoms in total. The first-order valence-corrected chi connectivity index (χ1v) is 7.23. The van der Waals surface area contributed by atoms with Crippen LogP contribution in [0, 0.1) is 0 Å². The average Bonchev–Trinajstić information content (AvgIpc) is 2.54. The molecule has 0 bridgehead atoms. The molecule has 1 N–H and O–H groups in total. The molecule has 6 heteroatoms. The van der Waals surface area contributed by atoms with E-state index in [4.69, 9.17) is 16.3 Å². The largest absolute Gasteiger partial charge is 0.484 e. The zero-order valence-electron chi connectivity index (χ0n) is 12.0. The summed E-state index contributed by atoms with van der Waals surface area (Å²) < 4.78 is 5.37. The minimum absolute atomic E-state index is 0.122. The van der Waals surface area contributed by atoms with Crippen LogP contribution in [0.15, 0.2) is 42.5 Å². The number of benzene rings is 2. The molecule has 2 aromatic rings. The van der Waals surface area contributed by atoms with Crippen LogP contribution >= 0.6 is 11.6 Å². The summed E-state index contributed by atoms with van der Waals surface area (Å²) in [4.78, 5) is 23.2. The van der Waals surface area contributed by atoms with Crippen LogP contribution in [0.1, 0.15) is 0 Å². The first-order chi connectivity index (χ1) is 11.1. The van der Waals surface area contributed by atoms with E-state index in [-0.39, 0.29) is 18.4 Å². The van der Waals surface area contributed by atoms with Gasteiger partial charge in [0.15, 0.2) is 6.61 Å². The molecule has 1 aliphatic heterocycles. The smallest absolute Gasteiger partial charge is 0.270 e. The van der Waals surface area contributed by atoms with E-state index in [1.165, 1.54) is 12.3 Å². The summed E-state index contributed by atoms with van der Waals surface area (Å²) in [6, 6.07) is 12.0. The second kappa shape index (κ2) is 6.54. The third-order valence-corrected chi connectivity index (χ3v) is 3.42. The zero-order valence-corrected chi connectivity index (χ0v) is 12.7. The van der Waals surface area contributed by atoms with Gasteiger partial charge in [0.25, 0.3) is 11.8 Å². The normalized spacial score (nSPS) is 12.3. The molecule has 0 saturated heterocycles. The molecule has 0 atom stereocenters. The average molecular weight is 328 g/mol. The number of nitrogens with zero attached hydrogens (tertiary/aromatic N) is 1. The minimum atomic E-state index is -0.313. The quantitative estimate of drug-likeness (QED) is 0.911. The van der Waals surface area contributed by atoms with Crippen LogP contribution in [-0.4, -0.2) is 18.4 Å². The number of rotatable bonds is 4. The molecular weight excluding hydrogens is 316 g/mol. The summed E-state index contributed by atoms with van der Waals surface area (Å²) in [7, 11) is 0. The van der Waals surface area contributed by atoms with Gasteiger partial charge in [0.05, 0.1) is 0 Å². The van der Waals surface area contributed by atoms with Gasteiger partial charge in [0.1, 0.15) is 5.75 Å². The van der Waals surface area contributed by atoms with Crippen molar-refractivity contribution in [1.82, 2.24) is 5.32 Å². The van der Waals surface area contributed by atoms with Crippen LogP contribution in [-0.2, 0) is 9.59 Å².